The van der Waals surface area contributed by atoms with E-state index in [0.29, 0.717) is 0 Å². The summed E-state index contributed by atoms with van der Waals surface area (Å²) in [5.74, 6) is 0. The SMILES string of the molecule is CCO.C[Si](C)=[Zr].[CH3-].c1cc2c([cH-]1)CCCC2.c1cc2c([cH-]1)CCCC2. The standard InChI is InChI=1S/2C9H11.C2H6O.C2H6Si.CH3.Zr/c2*1-2-5-9-7-3-6-8(9)4-1;1-2-3;1-3-2;;/h2*3,6-7H,1-2,4-5H2;3H,2H2,1H3;1-2H3;1H3;/q2*-1;;;-1;. The average molecular weight is 449 g/mol. The van der Waals surface area contributed by atoms with E-state index in [9.17, 15) is 0 Å². The molecule has 2 aromatic rings. The van der Waals surface area contributed by atoms with Crippen LogP contribution in [0.2, 0.25) is 13.1 Å². The Morgan fingerprint density at radius 1 is 0.885 bits per heavy atom. The smallest absolute Gasteiger partial charge is 0.0512 e. The maximum absolute atomic E-state index is 7.57. The van der Waals surface area contributed by atoms with E-state index in [0.717, 1.165) is 0 Å². The number of aliphatic hydroxyl groups is 1. The largest absolute Gasteiger partial charge is 0.358 e. The molecule has 3 heteroatoms. The van der Waals surface area contributed by atoms with Crippen LogP contribution < -0.4 is 0 Å². The Kier molecular flexibility index (Phi) is 15.6. The van der Waals surface area contributed by atoms with Gasteiger partial charge in [0.05, 0.1) is 0 Å². The molecule has 0 radical (unpaired) electrons. The number of fused-ring (bicyclic) bond motifs is 2. The summed E-state index contributed by atoms with van der Waals surface area (Å²) >= 11 is 1.74. The van der Waals surface area contributed by atoms with E-state index in [2.05, 4.69) is 49.5 Å². The van der Waals surface area contributed by atoms with Crippen LogP contribution in [0.15, 0.2) is 36.4 Å². The van der Waals surface area contributed by atoms with E-state index in [-0.39, 0.29) is 19.5 Å². The van der Waals surface area contributed by atoms with Gasteiger partial charge in [0.25, 0.3) is 0 Å². The third-order valence-corrected chi connectivity index (χ3v) is 4.30. The van der Waals surface area contributed by atoms with Gasteiger partial charge in [-0.1, -0.05) is 51.4 Å². The molecule has 4 rings (SSSR count). The van der Waals surface area contributed by atoms with Crippen molar-refractivity contribution in [3.05, 3.63) is 66.1 Å². The molecule has 0 aliphatic heterocycles. The Bertz CT molecular complexity index is 506. The number of aliphatic hydroxyl groups excluding tert-OH is 1. The minimum Gasteiger partial charge on any atom is -0.358 e. The van der Waals surface area contributed by atoms with Crippen molar-refractivity contribution in [2.45, 2.75) is 71.4 Å². The quantitative estimate of drug-likeness (QED) is 0.399. The van der Waals surface area contributed by atoms with Gasteiger partial charge in [-0.25, -0.2) is 12.1 Å². The van der Waals surface area contributed by atoms with E-state index in [1.165, 1.54) is 51.4 Å². The van der Waals surface area contributed by atoms with Crippen LogP contribution >= 0.6 is 0 Å². The summed E-state index contributed by atoms with van der Waals surface area (Å²) < 4.78 is 0. The molecule has 0 saturated carbocycles. The Hall–Kier alpha value is -0.240. The van der Waals surface area contributed by atoms with Crippen molar-refractivity contribution in [2.75, 3.05) is 6.61 Å². The zero-order valence-corrected chi connectivity index (χ0v) is 20.7. The van der Waals surface area contributed by atoms with E-state index in [4.69, 9.17) is 5.11 Å². The summed E-state index contributed by atoms with van der Waals surface area (Å²) in [6.45, 7) is 6.55. The second kappa shape index (κ2) is 15.8. The first-order valence-corrected chi connectivity index (χ1v) is 15.9. The Morgan fingerprint density at radius 2 is 1.19 bits per heavy atom. The molecule has 0 heterocycles. The molecule has 2 aliphatic rings. The molecule has 0 spiro atoms. The zero-order chi connectivity index (χ0) is 18.5. The molecular weight excluding hydrogens is 412 g/mol. The van der Waals surface area contributed by atoms with Crippen molar-refractivity contribution in [1.82, 2.24) is 0 Å². The molecule has 1 N–H and O–H groups in total. The molecule has 0 saturated heterocycles. The summed E-state index contributed by atoms with van der Waals surface area (Å²) in [6, 6.07) is 13.4. The summed E-state index contributed by atoms with van der Waals surface area (Å²) in [5.41, 5.74) is 6.60. The first kappa shape index (κ1) is 25.8. The number of aryl methyl sites for hydroxylation is 4. The first-order chi connectivity index (χ1) is 12.1. The van der Waals surface area contributed by atoms with Crippen LogP contribution in [0.1, 0.15) is 54.9 Å². The van der Waals surface area contributed by atoms with E-state index >= 15 is 0 Å². The van der Waals surface area contributed by atoms with Crippen LogP contribution in [0.3, 0.4) is 0 Å². The van der Waals surface area contributed by atoms with E-state index < -0.39 is 0 Å². The Morgan fingerprint density at radius 3 is 1.50 bits per heavy atom. The van der Waals surface area contributed by atoms with Crippen molar-refractivity contribution in [3.8, 4) is 0 Å². The van der Waals surface area contributed by atoms with Gasteiger partial charge < -0.3 is 12.5 Å². The van der Waals surface area contributed by atoms with Gasteiger partial charge in [0, 0.05) is 6.61 Å². The molecule has 0 atom stereocenters. The van der Waals surface area contributed by atoms with E-state index in [1.807, 2.05) is 0 Å². The van der Waals surface area contributed by atoms with Gasteiger partial charge in [-0.15, -0.1) is 0 Å². The second-order valence-corrected chi connectivity index (χ2v) is 16.3. The first-order valence-electron chi connectivity index (χ1n) is 9.68. The van der Waals surface area contributed by atoms with Crippen molar-refractivity contribution in [1.29, 1.82) is 0 Å². The molecule has 0 bridgehead atoms. The molecule has 2 aromatic carbocycles. The van der Waals surface area contributed by atoms with Gasteiger partial charge in [0.1, 0.15) is 0 Å². The number of rotatable bonds is 0. The Balaban J connectivity index is 0.000000350. The van der Waals surface area contributed by atoms with Gasteiger partial charge in [0.2, 0.25) is 0 Å². The molecule has 0 amide bonds. The summed E-state index contributed by atoms with van der Waals surface area (Å²) in [5, 5.41) is 7.57. The fourth-order valence-electron chi connectivity index (χ4n) is 3.23. The van der Waals surface area contributed by atoms with Crippen LogP contribution in [0, 0.1) is 7.43 Å². The fourth-order valence-corrected chi connectivity index (χ4v) is 3.23. The van der Waals surface area contributed by atoms with Gasteiger partial charge in [-0.3, -0.25) is 0 Å². The van der Waals surface area contributed by atoms with Crippen LogP contribution in [-0.2, 0) is 49.0 Å². The van der Waals surface area contributed by atoms with Gasteiger partial charge >= 0.3 is 41.9 Å². The minimum atomic E-state index is 0. The van der Waals surface area contributed by atoms with E-state index in [1.54, 1.807) is 52.5 Å². The fraction of sp³-hybridized carbons (Fsp3) is 0.522. The minimum absolute atomic E-state index is 0. The molecule has 2 aliphatic carbocycles. The maximum Gasteiger partial charge on any atom is -0.0512 e. The molecule has 0 aromatic heterocycles. The second-order valence-electron chi connectivity index (χ2n) is 6.88. The van der Waals surface area contributed by atoms with Crippen LogP contribution in [0.25, 0.3) is 0 Å². The number of hydrogen-bond donors (Lipinski definition) is 1. The third-order valence-electron chi connectivity index (χ3n) is 4.30. The van der Waals surface area contributed by atoms with Gasteiger partial charge in [-0.05, 0) is 6.92 Å². The van der Waals surface area contributed by atoms with Crippen LogP contribution in [0.4, 0.5) is 0 Å². The molecule has 1 nitrogen and oxygen atoms in total. The molecular formula is C23H37OSiZr-3. The van der Waals surface area contributed by atoms with Crippen molar-refractivity contribution in [3.63, 3.8) is 0 Å². The predicted octanol–water partition coefficient (Wildman–Crippen LogP) is 5.80. The summed E-state index contributed by atoms with van der Waals surface area (Å²) in [4.78, 5) is 0. The van der Waals surface area contributed by atoms with Gasteiger partial charge in [-0.2, -0.15) is 46.5 Å². The van der Waals surface area contributed by atoms with Crippen molar-refractivity contribution < 1.29 is 28.4 Å². The van der Waals surface area contributed by atoms with Crippen molar-refractivity contribution >= 4 is 5.43 Å². The number of hydrogen-bond acceptors (Lipinski definition) is 1. The van der Waals surface area contributed by atoms with Crippen LogP contribution in [0.5, 0.6) is 0 Å². The van der Waals surface area contributed by atoms with Crippen molar-refractivity contribution in [2.24, 2.45) is 0 Å². The zero-order valence-electron chi connectivity index (χ0n) is 17.3. The Labute approximate surface area is 177 Å². The third kappa shape index (κ3) is 10.8. The monoisotopic (exact) mass is 447 g/mol. The average Bonchev–Trinajstić information content (AvgIpc) is 3.24. The molecule has 26 heavy (non-hydrogen) atoms. The summed E-state index contributed by atoms with van der Waals surface area (Å²) in [7, 11) is 0. The molecule has 146 valence electrons. The van der Waals surface area contributed by atoms with Gasteiger partial charge in [0.15, 0.2) is 0 Å². The summed E-state index contributed by atoms with van der Waals surface area (Å²) in [6.07, 6.45) is 10.9. The predicted molar refractivity (Wildman–Crippen MR) is 114 cm³/mol. The molecule has 0 fully saturated rings. The van der Waals surface area contributed by atoms with Crippen LogP contribution in [-0.4, -0.2) is 17.1 Å². The topological polar surface area (TPSA) is 20.2 Å². The maximum atomic E-state index is 7.57. The molecule has 0 unspecified atom stereocenters. The normalized spacial score (nSPS) is 13.7.